The Balaban J connectivity index is -0.000000272. The predicted octanol–water partition coefficient (Wildman–Crippen LogP) is 31.2. The molecule has 12 atom stereocenters. The Morgan fingerprint density at radius 3 is 0.260 bits per heavy atom. The van der Waals surface area contributed by atoms with Gasteiger partial charge in [-0.05, 0) is 160 Å². The van der Waals surface area contributed by atoms with Crippen LogP contribution in [0.3, 0.4) is 0 Å². The summed E-state index contributed by atoms with van der Waals surface area (Å²) in [6.45, 7) is 47.4. The molecule has 0 aromatic heterocycles. The average Bonchev–Trinajstić information content (AvgIpc) is 0.928. The second-order valence-electron chi connectivity index (χ2n) is 35.9. The van der Waals surface area contributed by atoms with Crippen LogP contribution in [0.1, 0.15) is 551 Å². The number of hydrogen-bond acceptors (Lipinski definition) is 24. The molecule has 0 saturated carbocycles. The van der Waals surface area contributed by atoms with Crippen molar-refractivity contribution in [2.24, 2.45) is 0 Å². The maximum Gasteiger partial charge on any atom is 0.268 e. The van der Waals surface area contributed by atoms with E-state index >= 15 is 0 Å². The largest absolute Gasteiger partial charge is 0.756 e. The van der Waals surface area contributed by atoms with Gasteiger partial charge in [0.05, 0.1) is 73.2 Å². The first-order valence-electron chi connectivity index (χ1n) is 51.5. The van der Waals surface area contributed by atoms with E-state index in [2.05, 4.69) is 83.1 Å². The molecule has 12 unspecified atom stereocenters. The van der Waals surface area contributed by atoms with Gasteiger partial charge in [0.1, 0.15) is 0 Å². The molecule has 127 heavy (non-hydrogen) atoms. The van der Waals surface area contributed by atoms with Crippen molar-refractivity contribution in [3.63, 3.8) is 0 Å². The summed E-state index contributed by atoms with van der Waals surface area (Å²) in [6, 6.07) is 0. The summed E-state index contributed by atoms with van der Waals surface area (Å²) in [7, 11) is -25.0. The molecule has 24 nitrogen and oxygen atoms in total. The molecule has 0 spiro atoms. The van der Waals surface area contributed by atoms with Crippen molar-refractivity contribution < 1.29 is 132 Å². The minimum Gasteiger partial charge on any atom is -0.756 e. The van der Waals surface area contributed by atoms with Crippen LogP contribution in [0.25, 0.3) is 0 Å². The first kappa shape index (κ1) is 141. The van der Waals surface area contributed by atoms with Crippen LogP contribution in [-0.2, 0) is 103 Å². The van der Waals surface area contributed by atoms with E-state index in [1.54, 1.807) is 83.1 Å². The number of hydrogen-bond donors (Lipinski definition) is 0. The quantitative estimate of drug-likeness (QED) is 0.0310. The van der Waals surface area contributed by atoms with Crippen LogP contribution in [0.2, 0.25) is 0 Å². The van der Waals surface area contributed by atoms with Crippen molar-refractivity contribution in [2.45, 2.75) is 625 Å². The first-order chi connectivity index (χ1) is 59.5. The van der Waals surface area contributed by atoms with Gasteiger partial charge in [0.2, 0.25) is 0 Å². The molecule has 774 valence electrons. The van der Waals surface area contributed by atoms with Crippen LogP contribution >= 0.6 is 46.9 Å². The summed E-state index contributed by atoms with van der Waals surface area (Å²) < 4.78 is 132. The van der Waals surface area contributed by atoms with Crippen LogP contribution in [0.15, 0.2) is 0 Å². The molecule has 0 heterocycles. The van der Waals surface area contributed by atoms with Crippen molar-refractivity contribution >= 4 is 46.9 Å². The molecule has 0 aliphatic carbocycles. The fourth-order valence-electron chi connectivity index (χ4n) is 13.7. The second kappa shape index (κ2) is 96.2. The number of phosphoric ester groups is 6. The monoisotopic (exact) mass is 2030 g/mol. The summed E-state index contributed by atoms with van der Waals surface area (Å²) in [5.74, 6) is 0. The zero-order chi connectivity index (χ0) is 96.8. The van der Waals surface area contributed by atoms with Crippen molar-refractivity contribution in [3.05, 3.63) is 0 Å². The van der Waals surface area contributed by atoms with Crippen LogP contribution in [0.4, 0.5) is 0 Å². The van der Waals surface area contributed by atoms with E-state index in [0.29, 0.717) is 0 Å². The Bertz CT molecular complexity index is 2000. The zero-order valence-corrected chi connectivity index (χ0v) is 93.6. The Labute approximate surface area is 798 Å². The van der Waals surface area contributed by atoms with Gasteiger partial charge < -0.3 is 83.6 Å². The normalized spacial score (nSPS) is 17.2. The molecule has 0 aromatic rings. The Kier molecular flexibility index (Phi) is 107. The Hall–Kier alpha value is 1.35. The molecule has 0 radical (unpaired) electrons. The smallest absolute Gasteiger partial charge is 0.268 e. The van der Waals surface area contributed by atoms with Gasteiger partial charge in [0.15, 0.2) is 0 Å². The molecule has 0 bridgehead atoms. The topological polar surface area (TPSA) is 352 Å². The summed E-state index contributed by atoms with van der Waals surface area (Å²) >= 11 is 0. The number of unbranched alkanes of at least 4 members (excludes halogenated alkanes) is 36. The first-order valence-corrected chi connectivity index (χ1v) is 60.3. The average molecular weight is 2020 g/mol. The minimum absolute atomic E-state index is 0. The third-order valence-electron chi connectivity index (χ3n) is 21.3. The van der Waals surface area contributed by atoms with Crippen LogP contribution < -0.4 is 29.4 Å². The Morgan fingerprint density at radius 1 is 0.142 bits per heavy atom. The van der Waals surface area contributed by atoms with Gasteiger partial charge in [-0.2, -0.15) is 0 Å². The van der Waals surface area contributed by atoms with Crippen molar-refractivity contribution in [1.82, 2.24) is 0 Å². The van der Waals surface area contributed by atoms with Gasteiger partial charge in [-0.3, -0.25) is 27.4 Å². The van der Waals surface area contributed by atoms with Crippen LogP contribution in [0.5, 0.6) is 0 Å². The third-order valence-corrected chi connectivity index (χ3v) is 28.7. The van der Waals surface area contributed by atoms with E-state index in [0.717, 1.165) is 231 Å². The van der Waals surface area contributed by atoms with Crippen molar-refractivity contribution in [2.75, 3.05) is 0 Å². The number of phosphoric acid groups is 6. The standard InChI is InChI=1S/6C16H35O4P.Mo/c6*1-5-7-9-11-13-15(3)19-21(17,18)20-16(4)14-12-10-8-6-2;/h6*15-16H,5-14H2,1-4H3,(H,17,18);/p-6. The molecule has 0 N–H and O–H groups in total. The number of rotatable bonds is 84. The van der Waals surface area contributed by atoms with Crippen LogP contribution in [0, 0.1) is 0 Å². The molecule has 31 heteroatoms. The minimum atomic E-state index is -4.17. The fraction of sp³-hybridized carbons (Fsp3) is 1.00. The molecular weight excluding hydrogens is 1820 g/mol. The van der Waals surface area contributed by atoms with E-state index in [9.17, 15) is 56.8 Å². The molecular formula is C96H204MoO24P6-6. The van der Waals surface area contributed by atoms with E-state index in [1.165, 1.54) is 154 Å². The zero-order valence-electron chi connectivity index (χ0n) is 86.2. The molecule has 0 aliphatic rings. The second-order valence-corrected chi connectivity index (χ2v) is 43.8. The molecule has 0 amide bonds. The molecule has 0 aliphatic heterocycles. The van der Waals surface area contributed by atoms with E-state index in [-0.39, 0.29) is 94.3 Å². The summed E-state index contributed by atoms with van der Waals surface area (Å²) in [5.41, 5.74) is 0. The van der Waals surface area contributed by atoms with E-state index in [1.807, 2.05) is 0 Å². The summed E-state index contributed by atoms with van der Waals surface area (Å²) in [4.78, 5) is 70.9. The van der Waals surface area contributed by atoms with Gasteiger partial charge in [-0.25, -0.2) is 0 Å². The predicted molar refractivity (Wildman–Crippen MR) is 517 cm³/mol. The summed E-state index contributed by atoms with van der Waals surface area (Å²) in [5, 5.41) is 0. The van der Waals surface area contributed by atoms with Gasteiger partial charge in [0.25, 0.3) is 46.9 Å². The SMILES string of the molecule is CCCCCCC(C)OP(=O)([O-])OC(C)CCCCCC.CCCCCCC(C)OP(=O)([O-])OC(C)CCCCCC.CCCCCCC(C)OP(=O)([O-])OC(C)CCCCCC.CCCCCCC(C)OP(=O)([O-])OC(C)CCCCCC.CCCCCCC(C)OP(=O)([O-])OC(C)CCCCCC.CCCCCCC(C)OP(=O)([O-])OC(C)CCCCCC.[Mo]. The van der Waals surface area contributed by atoms with Gasteiger partial charge in [-0.1, -0.05) is 391 Å². The molecule has 0 saturated heterocycles. The maximum atomic E-state index is 11.8. The molecule has 0 rings (SSSR count). The van der Waals surface area contributed by atoms with E-state index in [4.69, 9.17) is 54.3 Å². The van der Waals surface area contributed by atoms with Crippen molar-refractivity contribution in [3.8, 4) is 0 Å². The van der Waals surface area contributed by atoms with Gasteiger partial charge in [-0.15, -0.1) is 0 Å². The summed E-state index contributed by atoms with van der Waals surface area (Å²) in [6.07, 6.45) is 59.5. The van der Waals surface area contributed by atoms with E-state index < -0.39 is 46.9 Å². The van der Waals surface area contributed by atoms with Gasteiger partial charge >= 0.3 is 0 Å². The van der Waals surface area contributed by atoms with Crippen molar-refractivity contribution in [1.29, 1.82) is 0 Å². The maximum absolute atomic E-state index is 11.8. The van der Waals surface area contributed by atoms with Gasteiger partial charge in [0, 0.05) is 21.1 Å². The Morgan fingerprint density at radius 2 is 0.205 bits per heavy atom. The molecule has 0 aromatic carbocycles. The molecule has 0 fully saturated rings. The third kappa shape index (κ3) is 113. The van der Waals surface area contributed by atoms with Crippen LogP contribution in [-0.4, -0.2) is 73.2 Å². The fourth-order valence-corrected chi connectivity index (χ4v) is 20.6.